The van der Waals surface area contributed by atoms with Gasteiger partial charge in [-0.1, -0.05) is 23.7 Å². The lowest BCUT2D eigenvalue weighted by molar-refractivity contribution is -0.145. The molecule has 1 saturated heterocycles. The van der Waals surface area contributed by atoms with Crippen molar-refractivity contribution in [1.82, 2.24) is 4.90 Å². The van der Waals surface area contributed by atoms with Crippen LogP contribution in [-0.2, 0) is 14.3 Å². The van der Waals surface area contributed by atoms with E-state index >= 15 is 0 Å². The van der Waals surface area contributed by atoms with Crippen molar-refractivity contribution in [3.05, 3.63) is 34.9 Å². The van der Waals surface area contributed by atoms with E-state index in [-0.39, 0.29) is 6.42 Å². The van der Waals surface area contributed by atoms with Gasteiger partial charge in [-0.15, -0.1) is 0 Å². The van der Waals surface area contributed by atoms with E-state index in [1.807, 2.05) is 6.07 Å². The number of nitrogens with zero attached hydrogens (tertiary/aromatic N) is 1. The molecule has 0 saturated carbocycles. The molecule has 1 fully saturated rings. The summed E-state index contributed by atoms with van der Waals surface area (Å²) >= 11 is 5.97. The number of esters is 1. The average molecular weight is 298 g/mol. The van der Waals surface area contributed by atoms with Crippen molar-refractivity contribution in [1.29, 1.82) is 0 Å². The maximum Gasteiger partial charge on any atom is 0.323 e. The fourth-order valence-electron chi connectivity index (χ4n) is 2.81. The summed E-state index contributed by atoms with van der Waals surface area (Å²) in [6.07, 6.45) is 0.232. The van der Waals surface area contributed by atoms with E-state index in [1.54, 1.807) is 30.1 Å². The Hall–Kier alpha value is -1.59. The second-order valence-corrected chi connectivity index (χ2v) is 5.32. The molecule has 0 aromatic heterocycles. The lowest BCUT2D eigenvalue weighted by Crippen LogP contribution is -2.35. The highest BCUT2D eigenvalue weighted by Crippen LogP contribution is 2.40. The van der Waals surface area contributed by atoms with E-state index in [4.69, 9.17) is 16.3 Å². The first kappa shape index (κ1) is 14.8. The third kappa shape index (κ3) is 2.64. The number of ether oxygens (including phenoxy) is 1. The number of likely N-dealkylation sites (tertiary alicyclic amines) is 1. The van der Waals surface area contributed by atoms with Gasteiger partial charge in [0.1, 0.15) is 6.04 Å². The minimum Gasteiger partial charge on any atom is -0.481 e. The minimum atomic E-state index is -0.923. The molecule has 1 aromatic carbocycles. The van der Waals surface area contributed by atoms with Crippen LogP contribution < -0.4 is 0 Å². The summed E-state index contributed by atoms with van der Waals surface area (Å²) < 4.78 is 4.74. The summed E-state index contributed by atoms with van der Waals surface area (Å²) in [4.78, 5) is 25.0. The van der Waals surface area contributed by atoms with Crippen molar-refractivity contribution in [3.8, 4) is 0 Å². The number of carboxylic acid groups (broad SMARTS) is 1. The molecule has 0 radical (unpaired) electrons. The number of carbonyl (C=O) groups excluding carboxylic acids is 1. The van der Waals surface area contributed by atoms with E-state index in [9.17, 15) is 14.7 Å². The van der Waals surface area contributed by atoms with Crippen molar-refractivity contribution in [2.24, 2.45) is 5.92 Å². The lowest BCUT2D eigenvalue weighted by atomic mass is 9.93. The SMILES string of the molecule is COC(=O)[C@@H]1C[C@H](C(=O)O)[C@H](c2cccc(Cl)c2)N1C. The fraction of sp³-hybridized carbons (Fsp3) is 0.429. The molecule has 2 rings (SSSR count). The van der Waals surface area contributed by atoms with Gasteiger partial charge in [0.05, 0.1) is 13.0 Å². The normalized spacial score (nSPS) is 26.4. The number of methoxy groups -OCH3 is 1. The van der Waals surface area contributed by atoms with Crippen LogP contribution in [0.3, 0.4) is 0 Å². The van der Waals surface area contributed by atoms with Gasteiger partial charge >= 0.3 is 11.9 Å². The number of rotatable bonds is 3. The van der Waals surface area contributed by atoms with Crippen molar-refractivity contribution >= 4 is 23.5 Å². The van der Waals surface area contributed by atoms with Crippen molar-refractivity contribution < 1.29 is 19.4 Å². The maximum atomic E-state index is 11.8. The molecule has 0 bridgehead atoms. The fourth-order valence-corrected chi connectivity index (χ4v) is 3.00. The molecule has 5 nitrogen and oxygen atoms in total. The average Bonchev–Trinajstić information content (AvgIpc) is 2.75. The molecule has 1 aliphatic heterocycles. The van der Waals surface area contributed by atoms with Crippen molar-refractivity contribution in [3.63, 3.8) is 0 Å². The maximum absolute atomic E-state index is 11.8. The molecule has 0 amide bonds. The second-order valence-electron chi connectivity index (χ2n) is 4.88. The monoisotopic (exact) mass is 297 g/mol. The standard InChI is InChI=1S/C14H16ClNO4/c1-16-11(14(19)20-2)7-10(13(17)18)12(16)8-4-3-5-9(15)6-8/h3-6,10-12H,7H2,1-2H3,(H,17,18)/t10-,11-,12-/m0/s1. The third-order valence-electron chi connectivity index (χ3n) is 3.77. The van der Waals surface area contributed by atoms with E-state index in [1.165, 1.54) is 7.11 Å². The molecular weight excluding hydrogens is 282 g/mol. The highest BCUT2D eigenvalue weighted by molar-refractivity contribution is 6.30. The number of carbonyl (C=O) groups is 2. The van der Waals surface area contributed by atoms with Crippen LogP contribution in [-0.4, -0.2) is 42.1 Å². The lowest BCUT2D eigenvalue weighted by Gasteiger charge is -2.26. The van der Waals surface area contributed by atoms with E-state index in [0.29, 0.717) is 5.02 Å². The van der Waals surface area contributed by atoms with Gasteiger partial charge in [-0.25, -0.2) is 0 Å². The summed E-state index contributed by atoms with van der Waals surface area (Å²) in [6, 6.07) is 6.12. The summed E-state index contributed by atoms with van der Waals surface area (Å²) in [5.41, 5.74) is 0.791. The number of carboxylic acids is 1. The zero-order valence-corrected chi connectivity index (χ0v) is 12.0. The van der Waals surface area contributed by atoms with Gasteiger partial charge in [0.25, 0.3) is 0 Å². The number of likely N-dealkylation sites (N-methyl/N-ethyl adjacent to an activating group) is 1. The van der Waals surface area contributed by atoms with Crippen LogP contribution in [0, 0.1) is 5.92 Å². The number of hydrogen-bond donors (Lipinski definition) is 1. The quantitative estimate of drug-likeness (QED) is 0.864. The summed E-state index contributed by atoms with van der Waals surface area (Å²) in [5.74, 6) is -2.00. The smallest absolute Gasteiger partial charge is 0.323 e. The Balaban J connectivity index is 2.38. The highest BCUT2D eigenvalue weighted by Gasteiger charge is 2.47. The van der Waals surface area contributed by atoms with E-state index in [0.717, 1.165) is 5.56 Å². The molecule has 0 unspecified atom stereocenters. The van der Waals surface area contributed by atoms with Crippen molar-refractivity contribution in [2.45, 2.75) is 18.5 Å². The zero-order chi connectivity index (χ0) is 14.9. The first-order chi connectivity index (χ1) is 9.45. The topological polar surface area (TPSA) is 66.8 Å². The molecule has 108 valence electrons. The predicted octanol–water partition coefficient (Wildman–Crippen LogP) is 1.96. The first-order valence-electron chi connectivity index (χ1n) is 6.23. The Bertz CT molecular complexity index is 534. The number of benzene rings is 1. The van der Waals surface area contributed by atoms with Gasteiger partial charge in [0, 0.05) is 11.1 Å². The van der Waals surface area contributed by atoms with Gasteiger partial charge in [-0.2, -0.15) is 0 Å². The van der Waals surface area contributed by atoms with Gasteiger partial charge in [0.2, 0.25) is 0 Å². The van der Waals surface area contributed by atoms with Crippen LogP contribution in [0.25, 0.3) is 0 Å². The van der Waals surface area contributed by atoms with Crippen LogP contribution in [0.4, 0.5) is 0 Å². The molecular formula is C14H16ClNO4. The highest BCUT2D eigenvalue weighted by atomic mass is 35.5. The second kappa shape index (κ2) is 5.81. The van der Waals surface area contributed by atoms with Crippen LogP contribution >= 0.6 is 11.6 Å². The predicted molar refractivity (Wildman–Crippen MR) is 73.5 cm³/mol. The Morgan fingerprint density at radius 3 is 2.70 bits per heavy atom. The third-order valence-corrected chi connectivity index (χ3v) is 4.00. The molecule has 6 heteroatoms. The summed E-state index contributed by atoms with van der Waals surface area (Å²) in [6.45, 7) is 0. The molecule has 1 heterocycles. The minimum absolute atomic E-state index is 0.232. The Kier molecular flexibility index (Phi) is 4.30. The van der Waals surface area contributed by atoms with Gasteiger partial charge < -0.3 is 9.84 Å². The van der Waals surface area contributed by atoms with Crippen LogP contribution in [0.2, 0.25) is 5.02 Å². The first-order valence-corrected chi connectivity index (χ1v) is 6.61. The molecule has 1 aromatic rings. The molecule has 20 heavy (non-hydrogen) atoms. The molecule has 3 atom stereocenters. The zero-order valence-electron chi connectivity index (χ0n) is 11.2. The van der Waals surface area contributed by atoms with Crippen LogP contribution in [0.1, 0.15) is 18.0 Å². The van der Waals surface area contributed by atoms with Crippen LogP contribution in [0.5, 0.6) is 0 Å². The van der Waals surface area contributed by atoms with E-state index in [2.05, 4.69) is 0 Å². The number of halogens is 1. The van der Waals surface area contributed by atoms with E-state index < -0.39 is 29.9 Å². The summed E-state index contributed by atoms with van der Waals surface area (Å²) in [5, 5.41) is 9.94. The molecule has 0 aliphatic carbocycles. The number of hydrogen-bond acceptors (Lipinski definition) is 4. The van der Waals surface area contributed by atoms with Crippen molar-refractivity contribution in [2.75, 3.05) is 14.2 Å². The van der Waals surface area contributed by atoms with Gasteiger partial charge in [0.15, 0.2) is 0 Å². The number of aliphatic carboxylic acids is 1. The van der Waals surface area contributed by atoms with Crippen LogP contribution in [0.15, 0.2) is 24.3 Å². The summed E-state index contributed by atoms with van der Waals surface area (Å²) in [7, 11) is 3.04. The molecule has 0 spiro atoms. The Labute approximate surface area is 122 Å². The van der Waals surface area contributed by atoms with Gasteiger partial charge in [-0.05, 0) is 31.2 Å². The van der Waals surface area contributed by atoms with Gasteiger partial charge in [-0.3, -0.25) is 14.5 Å². The Morgan fingerprint density at radius 2 is 2.15 bits per heavy atom. The molecule has 1 N–H and O–H groups in total. The molecule has 1 aliphatic rings. The largest absolute Gasteiger partial charge is 0.481 e. The Morgan fingerprint density at radius 1 is 1.45 bits per heavy atom.